The third-order valence-electron chi connectivity index (χ3n) is 2.99. The van der Waals surface area contributed by atoms with E-state index in [1.807, 2.05) is 17.7 Å². The Hall–Kier alpha value is -1.86. The van der Waals surface area contributed by atoms with Gasteiger partial charge in [0.15, 0.2) is 0 Å². The summed E-state index contributed by atoms with van der Waals surface area (Å²) in [6, 6.07) is 6.94. The number of aromatic carboxylic acids is 1. The van der Waals surface area contributed by atoms with Crippen LogP contribution in [-0.4, -0.2) is 25.6 Å². The van der Waals surface area contributed by atoms with E-state index in [1.165, 1.54) is 11.8 Å². The summed E-state index contributed by atoms with van der Waals surface area (Å²) in [5.41, 5.74) is 1.97. The summed E-state index contributed by atoms with van der Waals surface area (Å²) in [6.45, 7) is 0. The molecule has 7 heteroatoms. The van der Waals surface area contributed by atoms with Crippen LogP contribution in [-0.2, 0) is 7.05 Å². The van der Waals surface area contributed by atoms with Gasteiger partial charge in [-0.1, -0.05) is 27.7 Å². The summed E-state index contributed by atoms with van der Waals surface area (Å²) in [6.07, 6.45) is 3.42. The topological polar surface area (TPSA) is 68.0 Å². The maximum absolute atomic E-state index is 11.3. The predicted octanol–water partition coefficient (Wildman–Crippen LogP) is 3.58. The molecule has 0 aliphatic heterocycles. The van der Waals surface area contributed by atoms with Crippen molar-refractivity contribution in [3.05, 3.63) is 46.8 Å². The molecule has 0 aliphatic carbocycles. The summed E-state index contributed by atoms with van der Waals surface area (Å²) in [7, 11) is 1.91. The highest BCUT2D eigenvalue weighted by molar-refractivity contribution is 9.10. The quantitative estimate of drug-likeness (QED) is 0.770. The van der Waals surface area contributed by atoms with E-state index in [4.69, 9.17) is 0 Å². The number of aromatic nitrogens is 3. The number of halogens is 1. The molecule has 3 rings (SSSR count). The first-order chi connectivity index (χ1) is 10.1. The van der Waals surface area contributed by atoms with Gasteiger partial charge in [0.1, 0.15) is 10.5 Å². The van der Waals surface area contributed by atoms with E-state index in [0.717, 1.165) is 15.5 Å². The summed E-state index contributed by atoms with van der Waals surface area (Å²) < 4.78 is 2.73. The number of nitrogens with zero attached hydrogens (tertiary/aromatic N) is 3. The molecule has 21 heavy (non-hydrogen) atoms. The Kier molecular flexibility index (Phi) is 3.69. The van der Waals surface area contributed by atoms with Crippen LogP contribution in [0.3, 0.4) is 0 Å². The van der Waals surface area contributed by atoms with Gasteiger partial charge < -0.3 is 9.67 Å². The number of carbonyl (C=O) groups is 1. The fraction of sp³-hybridized carbons (Fsp3) is 0.0714. The van der Waals surface area contributed by atoms with Crippen molar-refractivity contribution in [3.8, 4) is 0 Å². The standard InChI is InChI=1S/C14H10BrN3O2S/c1-18-7-17-12-10(18)4-5-16-13(12)21-11-6-8(15)2-3-9(11)14(19)20/h2-7H,1H3,(H,19,20). The molecule has 0 bridgehead atoms. The molecule has 2 aromatic heterocycles. The predicted molar refractivity (Wildman–Crippen MR) is 83.7 cm³/mol. The molecular formula is C14H10BrN3O2S. The molecule has 0 amide bonds. The highest BCUT2D eigenvalue weighted by atomic mass is 79.9. The second-order valence-electron chi connectivity index (χ2n) is 4.39. The van der Waals surface area contributed by atoms with Crippen LogP contribution in [0.4, 0.5) is 0 Å². The van der Waals surface area contributed by atoms with Crippen molar-refractivity contribution in [1.82, 2.24) is 14.5 Å². The maximum Gasteiger partial charge on any atom is 0.336 e. The molecule has 0 atom stereocenters. The van der Waals surface area contributed by atoms with Crippen LogP contribution in [0.5, 0.6) is 0 Å². The number of rotatable bonds is 3. The second-order valence-corrected chi connectivity index (χ2v) is 6.33. The minimum absolute atomic E-state index is 0.248. The Morgan fingerprint density at radius 3 is 2.90 bits per heavy atom. The van der Waals surface area contributed by atoms with Gasteiger partial charge in [-0.3, -0.25) is 0 Å². The number of carboxylic acid groups (broad SMARTS) is 1. The molecule has 0 saturated heterocycles. The van der Waals surface area contributed by atoms with Crippen molar-refractivity contribution in [1.29, 1.82) is 0 Å². The highest BCUT2D eigenvalue weighted by Gasteiger charge is 2.15. The van der Waals surface area contributed by atoms with E-state index in [0.29, 0.717) is 9.92 Å². The van der Waals surface area contributed by atoms with Crippen molar-refractivity contribution < 1.29 is 9.90 Å². The van der Waals surface area contributed by atoms with Crippen LogP contribution in [0.15, 0.2) is 51.2 Å². The molecule has 0 saturated carbocycles. The Morgan fingerprint density at radius 1 is 1.33 bits per heavy atom. The third-order valence-corrected chi connectivity index (χ3v) is 4.53. The van der Waals surface area contributed by atoms with Gasteiger partial charge in [-0.05, 0) is 24.3 Å². The summed E-state index contributed by atoms with van der Waals surface area (Å²) in [5.74, 6) is -0.960. The van der Waals surface area contributed by atoms with Crippen LogP contribution in [0.25, 0.3) is 11.0 Å². The van der Waals surface area contributed by atoms with Gasteiger partial charge in [0.05, 0.1) is 17.4 Å². The summed E-state index contributed by atoms with van der Waals surface area (Å²) in [5, 5.41) is 9.97. The van der Waals surface area contributed by atoms with Crippen LogP contribution in [0, 0.1) is 0 Å². The number of benzene rings is 1. The number of fused-ring (bicyclic) bond motifs is 1. The van der Waals surface area contributed by atoms with Crippen molar-refractivity contribution in [2.45, 2.75) is 9.92 Å². The Morgan fingerprint density at radius 2 is 2.14 bits per heavy atom. The first kappa shape index (κ1) is 14.1. The lowest BCUT2D eigenvalue weighted by atomic mass is 10.2. The number of imidazole rings is 1. The molecule has 0 fully saturated rings. The van der Waals surface area contributed by atoms with Gasteiger partial charge in [-0.2, -0.15) is 0 Å². The molecule has 0 aliphatic rings. The van der Waals surface area contributed by atoms with Gasteiger partial charge in [-0.25, -0.2) is 14.8 Å². The largest absolute Gasteiger partial charge is 0.478 e. The number of pyridine rings is 1. The number of aryl methyl sites for hydroxylation is 1. The smallest absolute Gasteiger partial charge is 0.336 e. The first-order valence-electron chi connectivity index (χ1n) is 6.03. The fourth-order valence-corrected chi connectivity index (χ4v) is 3.51. The minimum atomic E-state index is -0.960. The molecule has 5 nitrogen and oxygen atoms in total. The van der Waals surface area contributed by atoms with Gasteiger partial charge in [0, 0.05) is 22.6 Å². The van der Waals surface area contributed by atoms with Crippen LogP contribution in [0.1, 0.15) is 10.4 Å². The molecule has 2 heterocycles. The van der Waals surface area contributed by atoms with E-state index in [1.54, 1.807) is 30.7 Å². The fourth-order valence-electron chi connectivity index (χ4n) is 1.97. The van der Waals surface area contributed by atoms with E-state index in [9.17, 15) is 9.90 Å². The lowest BCUT2D eigenvalue weighted by Crippen LogP contribution is -1.98. The van der Waals surface area contributed by atoms with Gasteiger partial charge >= 0.3 is 5.97 Å². The lowest BCUT2D eigenvalue weighted by Gasteiger charge is -2.06. The van der Waals surface area contributed by atoms with Crippen LogP contribution < -0.4 is 0 Å². The van der Waals surface area contributed by atoms with Crippen LogP contribution in [0.2, 0.25) is 0 Å². The Balaban J connectivity index is 2.10. The van der Waals surface area contributed by atoms with Crippen molar-refractivity contribution in [2.75, 3.05) is 0 Å². The summed E-state index contributed by atoms with van der Waals surface area (Å²) in [4.78, 5) is 20.6. The average molecular weight is 364 g/mol. The van der Waals surface area contributed by atoms with Crippen molar-refractivity contribution in [3.63, 3.8) is 0 Å². The van der Waals surface area contributed by atoms with E-state index in [-0.39, 0.29) is 5.56 Å². The van der Waals surface area contributed by atoms with Crippen molar-refractivity contribution in [2.24, 2.45) is 7.05 Å². The summed E-state index contributed by atoms with van der Waals surface area (Å²) >= 11 is 4.67. The highest BCUT2D eigenvalue weighted by Crippen LogP contribution is 2.34. The SMILES string of the molecule is Cn1cnc2c(Sc3cc(Br)ccc3C(=O)O)nccc21. The second kappa shape index (κ2) is 5.50. The first-order valence-corrected chi connectivity index (χ1v) is 7.64. The number of hydrogen-bond donors (Lipinski definition) is 1. The molecule has 3 aromatic rings. The molecule has 0 spiro atoms. The molecule has 106 valence electrons. The van der Waals surface area contributed by atoms with E-state index < -0.39 is 5.97 Å². The zero-order valence-electron chi connectivity index (χ0n) is 10.9. The Labute approximate surface area is 133 Å². The normalized spacial score (nSPS) is 11.0. The molecule has 0 unspecified atom stereocenters. The monoisotopic (exact) mass is 363 g/mol. The lowest BCUT2D eigenvalue weighted by molar-refractivity contribution is 0.0693. The van der Waals surface area contributed by atoms with Gasteiger partial charge in [0.2, 0.25) is 0 Å². The van der Waals surface area contributed by atoms with Crippen molar-refractivity contribution >= 4 is 44.7 Å². The minimum Gasteiger partial charge on any atom is -0.478 e. The molecule has 0 radical (unpaired) electrons. The van der Waals surface area contributed by atoms with Crippen LogP contribution >= 0.6 is 27.7 Å². The zero-order chi connectivity index (χ0) is 15.0. The average Bonchev–Trinajstić information content (AvgIpc) is 2.82. The maximum atomic E-state index is 11.3. The number of hydrogen-bond acceptors (Lipinski definition) is 4. The molecular weight excluding hydrogens is 354 g/mol. The van der Waals surface area contributed by atoms with E-state index in [2.05, 4.69) is 25.9 Å². The van der Waals surface area contributed by atoms with E-state index >= 15 is 0 Å². The molecule has 1 aromatic carbocycles. The van der Waals surface area contributed by atoms with Gasteiger partial charge in [-0.15, -0.1) is 0 Å². The zero-order valence-corrected chi connectivity index (χ0v) is 13.3. The third kappa shape index (κ3) is 2.66. The molecule has 1 N–H and O–H groups in total. The number of carboxylic acids is 1. The Bertz CT molecular complexity index is 847. The van der Waals surface area contributed by atoms with Gasteiger partial charge in [0.25, 0.3) is 0 Å².